The Kier molecular flexibility index (Phi) is 6.55. The molecular weight excluding hydrogens is 344 g/mol. The number of hydrogen-bond donors (Lipinski definition) is 2. The van der Waals surface area contributed by atoms with Gasteiger partial charge in [-0.25, -0.2) is 13.2 Å². The lowest BCUT2D eigenvalue weighted by Gasteiger charge is -2.20. The molecule has 2 N–H and O–H groups in total. The molecule has 2 rings (SSSR count). The molecule has 0 aliphatic carbocycles. The smallest absolute Gasteiger partial charge is 0.326 e. The van der Waals surface area contributed by atoms with E-state index in [1.54, 1.807) is 6.92 Å². The van der Waals surface area contributed by atoms with Gasteiger partial charge in [0.15, 0.2) is 0 Å². The summed E-state index contributed by atoms with van der Waals surface area (Å²) in [4.78, 5) is 23.4. The van der Waals surface area contributed by atoms with Crippen LogP contribution in [0.3, 0.4) is 0 Å². The van der Waals surface area contributed by atoms with E-state index in [2.05, 4.69) is 5.32 Å². The fourth-order valence-corrected chi connectivity index (χ4v) is 4.37. The van der Waals surface area contributed by atoms with Crippen LogP contribution in [0.15, 0.2) is 29.2 Å². The van der Waals surface area contributed by atoms with Crippen LogP contribution >= 0.6 is 0 Å². The maximum Gasteiger partial charge on any atom is 0.326 e. The molecule has 7 nitrogen and oxygen atoms in total. The SMILES string of the molecule is CCC(NC(=O)c1cccc(S(=O)(=O)N2CCCCCC2)c1)C(=O)O. The number of carbonyl (C=O) groups excluding carboxylic acids is 1. The number of aliphatic carboxylic acids is 1. The molecule has 138 valence electrons. The maximum absolute atomic E-state index is 12.8. The highest BCUT2D eigenvalue weighted by molar-refractivity contribution is 7.89. The van der Waals surface area contributed by atoms with Gasteiger partial charge in [-0.15, -0.1) is 0 Å². The standard InChI is InChI=1S/C17H24N2O5S/c1-2-15(17(21)22)18-16(20)13-8-7-9-14(12-13)25(23,24)19-10-5-3-4-6-11-19/h7-9,12,15H,2-6,10-11H2,1H3,(H,18,20)(H,21,22). The molecule has 1 saturated heterocycles. The van der Waals surface area contributed by atoms with Crippen molar-refractivity contribution >= 4 is 21.9 Å². The molecule has 0 aromatic heterocycles. The summed E-state index contributed by atoms with van der Waals surface area (Å²) in [5.41, 5.74) is 0.135. The largest absolute Gasteiger partial charge is 0.480 e. The molecule has 1 fully saturated rings. The number of nitrogens with one attached hydrogen (secondary N) is 1. The highest BCUT2D eigenvalue weighted by Crippen LogP contribution is 2.21. The van der Waals surface area contributed by atoms with E-state index in [0.29, 0.717) is 13.1 Å². The quantitative estimate of drug-likeness (QED) is 0.797. The molecule has 1 aliphatic heterocycles. The first kappa shape index (κ1) is 19.4. The Bertz CT molecular complexity index is 724. The van der Waals surface area contributed by atoms with Crippen molar-refractivity contribution in [3.8, 4) is 0 Å². The lowest BCUT2D eigenvalue weighted by atomic mass is 10.1. The van der Waals surface area contributed by atoms with Crippen molar-refractivity contribution in [1.29, 1.82) is 0 Å². The molecule has 0 bridgehead atoms. The summed E-state index contributed by atoms with van der Waals surface area (Å²) < 4.78 is 27.1. The second kappa shape index (κ2) is 8.44. The normalized spacial score (nSPS) is 17.5. The average molecular weight is 368 g/mol. The molecule has 0 spiro atoms. The Morgan fingerprint density at radius 2 is 1.84 bits per heavy atom. The number of benzene rings is 1. The zero-order valence-corrected chi connectivity index (χ0v) is 15.1. The van der Waals surface area contributed by atoms with Crippen LogP contribution in [0.2, 0.25) is 0 Å². The van der Waals surface area contributed by atoms with Crippen molar-refractivity contribution in [3.63, 3.8) is 0 Å². The lowest BCUT2D eigenvalue weighted by molar-refractivity contribution is -0.139. The summed E-state index contributed by atoms with van der Waals surface area (Å²) in [5.74, 6) is -1.72. The van der Waals surface area contributed by atoms with Gasteiger partial charge in [-0.05, 0) is 37.5 Å². The van der Waals surface area contributed by atoms with Crippen LogP contribution in [0.5, 0.6) is 0 Å². The molecule has 1 unspecified atom stereocenters. The van der Waals surface area contributed by atoms with E-state index in [-0.39, 0.29) is 16.9 Å². The van der Waals surface area contributed by atoms with Crippen LogP contribution < -0.4 is 5.32 Å². The molecule has 1 atom stereocenters. The minimum absolute atomic E-state index is 0.0606. The number of nitrogens with zero attached hydrogens (tertiary/aromatic N) is 1. The number of amides is 1. The van der Waals surface area contributed by atoms with Gasteiger partial charge in [0.25, 0.3) is 5.91 Å². The zero-order valence-electron chi connectivity index (χ0n) is 14.3. The molecule has 25 heavy (non-hydrogen) atoms. The van der Waals surface area contributed by atoms with E-state index in [9.17, 15) is 18.0 Å². The summed E-state index contributed by atoms with van der Waals surface area (Å²) in [7, 11) is -3.65. The van der Waals surface area contributed by atoms with E-state index < -0.39 is 27.9 Å². The zero-order chi connectivity index (χ0) is 18.4. The van der Waals surface area contributed by atoms with Crippen molar-refractivity contribution in [2.45, 2.75) is 50.0 Å². The van der Waals surface area contributed by atoms with Crippen LogP contribution in [0, 0.1) is 0 Å². The van der Waals surface area contributed by atoms with E-state index in [1.165, 1.54) is 28.6 Å². The number of carboxylic acid groups (broad SMARTS) is 1. The molecule has 0 saturated carbocycles. The second-order valence-electron chi connectivity index (χ2n) is 6.12. The predicted octanol–water partition coefficient (Wildman–Crippen LogP) is 1.84. The topological polar surface area (TPSA) is 104 Å². The first-order valence-electron chi connectivity index (χ1n) is 8.50. The van der Waals surface area contributed by atoms with Crippen molar-refractivity contribution in [2.24, 2.45) is 0 Å². The van der Waals surface area contributed by atoms with Gasteiger partial charge in [0, 0.05) is 18.7 Å². The van der Waals surface area contributed by atoms with Gasteiger partial charge >= 0.3 is 5.97 Å². The minimum Gasteiger partial charge on any atom is -0.480 e. The Morgan fingerprint density at radius 3 is 2.40 bits per heavy atom. The lowest BCUT2D eigenvalue weighted by Crippen LogP contribution is -2.40. The fraction of sp³-hybridized carbons (Fsp3) is 0.529. The molecule has 8 heteroatoms. The Labute approximate surface area is 148 Å². The summed E-state index contributed by atoms with van der Waals surface area (Å²) in [5, 5.41) is 11.4. The predicted molar refractivity (Wildman–Crippen MR) is 92.8 cm³/mol. The van der Waals surface area contributed by atoms with Crippen molar-refractivity contribution in [2.75, 3.05) is 13.1 Å². The van der Waals surface area contributed by atoms with Gasteiger partial charge in [-0.2, -0.15) is 4.31 Å². The Morgan fingerprint density at radius 1 is 1.20 bits per heavy atom. The van der Waals surface area contributed by atoms with Crippen molar-refractivity contribution in [1.82, 2.24) is 9.62 Å². The van der Waals surface area contributed by atoms with Gasteiger partial charge < -0.3 is 10.4 Å². The summed E-state index contributed by atoms with van der Waals surface area (Å²) >= 11 is 0. The fourth-order valence-electron chi connectivity index (χ4n) is 2.81. The molecule has 1 aliphatic rings. The summed E-state index contributed by atoms with van der Waals surface area (Å²) in [6, 6.07) is 4.75. The third-order valence-electron chi connectivity index (χ3n) is 4.31. The highest BCUT2D eigenvalue weighted by Gasteiger charge is 2.26. The van der Waals surface area contributed by atoms with Crippen LogP contribution in [-0.4, -0.2) is 48.8 Å². The van der Waals surface area contributed by atoms with Crippen molar-refractivity contribution in [3.05, 3.63) is 29.8 Å². The van der Waals surface area contributed by atoms with Crippen LogP contribution in [0.4, 0.5) is 0 Å². The first-order valence-corrected chi connectivity index (χ1v) is 9.94. The number of carboxylic acids is 1. The first-order chi connectivity index (χ1) is 11.9. The molecular formula is C17H24N2O5S. The molecule has 1 aromatic carbocycles. The van der Waals surface area contributed by atoms with Gasteiger partial charge in [-0.3, -0.25) is 4.79 Å². The van der Waals surface area contributed by atoms with Gasteiger partial charge in [0.2, 0.25) is 10.0 Å². The third kappa shape index (κ3) is 4.79. The van der Waals surface area contributed by atoms with Crippen LogP contribution in [-0.2, 0) is 14.8 Å². The Hall–Kier alpha value is -1.93. The Balaban J connectivity index is 2.22. The molecule has 1 heterocycles. The van der Waals surface area contributed by atoms with E-state index in [1.807, 2.05) is 0 Å². The monoisotopic (exact) mass is 368 g/mol. The minimum atomic E-state index is -3.65. The number of hydrogen-bond acceptors (Lipinski definition) is 4. The van der Waals surface area contributed by atoms with E-state index >= 15 is 0 Å². The average Bonchev–Trinajstić information content (AvgIpc) is 2.89. The van der Waals surface area contributed by atoms with E-state index in [0.717, 1.165) is 25.7 Å². The van der Waals surface area contributed by atoms with Gasteiger partial charge in [0.1, 0.15) is 6.04 Å². The summed E-state index contributed by atoms with van der Waals surface area (Å²) in [6.45, 7) is 2.62. The number of sulfonamides is 1. The van der Waals surface area contributed by atoms with Crippen LogP contribution in [0.25, 0.3) is 0 Å². The maximum atomic E-state index is 12.8. The van der Waals surface area contributed by atoms with Gasteiger partial charge in [0.05, 0.1) is 4.90 Å². The molecule has 1 aromatic rings. The highest BCUT2D eigenvalue weighted by atomic mass is 32.2. The second-order valence-corrected chi connectivity index (χ2v) is 8.06. The van der Waals surface area contributed by atoms with Gasteiger partial charge in [-0.1, -0.05) is 25.8 Å². The van der Waals surface area contributed by atoms with Crippen LogP contribution in [0.1, 0.15) is 49.4 Å². The summed E-state index contributed by atoms with van der Waals surface area (Å²) in [6.07, 6.45) is 3.93. The number of carbonyl (C=O) groups is 2. The molecule has 1 amide bonds. The van der Waals surface area contributed by atoms with E-state index in [4.69, 9.17) is 5.11 Å². The van der Waals surface area contributed by atoms with Crippen molar-refractivity contribution < 1.29 is 23.1 Å². The number of rotatable bonds is 6. The molecule has 0 radical (unpaired) electrons. The third-order valence-corrected chi connectivity index (χ3v) is 6.21.